The summed E-state index contributed by atoms with van der Waals surface area (Å²) < 4.78 is 11.0. The number of hydrogen-bond acceptors (Lipinski definition) is 3. The molecule has 112 valence electrons. The number of hydrogen-bond donors (Lipinski definition) is 1. The highest BCUT2D eigenvalue weighted by Crippen LogP contribution is 2.32. The Kier molecular flexibility index (Phi) is 4.07. The monoisotopic (exact) mass is 288 g/mol. The summed E-state index contributed by atoms with van der Waals surface area (Å²) in [6.07, 6.45) is 1.22. The molecule has 4 heteroatoms. The number of rotatable bonds is 4. The minimum absolute atomic E-state index is 0.0293. The predicted molar refractivity (Wildman–Crippen MR) is 79.9 cm³/mol. The summed E-state index contributed by atoms with van der Waals surface area (Å²) in [5.41, 5.74) is 2.33. The van der Waals surface area contributed by atoms with Gasteiger partial charge in [0.1, 0.15) is 24.4 Å². The first-order valence-electron chi connectivity index (χ1n) is 6.82. The van der Waals surface area contributed by atoms with E-state index in [1.807, 2.05) is 13.0 Å². The largest absolute Gasteiger partial charge is 0.485 e. The smallest absolute Gasteiger partial charge is 0.338 e. The lowest BCUT2D eigenvalue weighted by molar-refractivity contribution is 0.0696. The van der Waals surface area contributed by atoms with Gasteiger partial charge in [-0.15, -0.1) is 0 Å². The number of carbonyl (C=O) groups is 1. The first-order valence-corrected chi connectivity index (χ1v) is 6.82. The van der Waals surface area contributed by atoms with E-state index in [1.54, 1.807) is 0 Å². The molecular formula is C17H20O4. The Morgan fingerprint density at radius 3 is 2.57 bits per heavy atom. The molecular weight excluding hydrogens is 268 g/mol. The molecule has 0 spiro atoms. The van der Waals surface area contributed by atoms with E-state index >= 15 is 0 Å². The van der Waals surface area contributed by atoms with E-state index < -0.39 is 5.97 Å². The Labute approximate surface area is 124 Å². The normalized spacial score (nSPS) is 11.4. The summed E-state index contributed by atoms with van der Waals surface area (Å²) in [6.45, 7) is 8.59. The third kappa shape index (κ3) is 3.66. The molecule has 0 aliphatic heterocycles. The van der Waals surface area contributed by atoms with Gasteiger partial charge in [0.15, 0.2) is 0 Å². The van der Waals surface area contributed by atoms with Gasteiger partial charge in [-0.2, -0.15) is 0 Å². The van der Waals surface area contributed by atoms with Gasteiger partial charge < -0.3 is 14.3 Å². The lowest BCUT2D eigenvalue weighted by Crippen LogP contribution is -2.13. The number of carboxylic acids is 1. The van der Waals surface area contributed by atoms with Crippen LogP contribution >= 0.6 is 0 Å². The Hall–Kier alpha value is -2.23. The van der Waals surface area contributed by atoms with Gasteiger partial charge in [-0.1, -0.05) is 32.9 Å². The Bertz CT molecular complexity index is 647. The molecule has 0 aliphatic carbocycles. The predicted octanol–water partition coefficient (Wildman–Crippen LogP) is 4.16. The Balaban J connectivity index is 2.19. The Morgan fingerprint density at radius 1 is 1.29 bits per heavy atom. The van der Waals surface area contributed by atoms with Crippen molar-refractivity contribution in [3.05, 3.63) is 53.0 Å². The van der Waals surface area contributed by atoms with Crippen molar-refractivity contribution in [2.45, 2.75) is 39.7 Å². The SMILES string of the molecule is Cc1ccc(C(C)(C)C)c(OCc2cc(C(=O)O)co2)c1. The van der Waals surface area contributed by atoms with Crippen molar-refractivity contribution in [3.8, 4) is 5.75 Å². The highest BCUT2D eigenvalue weighted by atomic mass is 16.5. The van der Waals surface area contributed by atoms with E-state index in [4.69, 9.17) is 14.3 Å². The molecule has 0 saturated heterocycles. The fourth-order valence-electron chi connectivity index (χ4n) is 2.09. The molecule has 2 aromatic rings. The minimum Gasteiger partial charge on any atom is -0.485 e. The Morgan fingerprint density at radius 2 is 2.00 bits per heavy atom. The minimum atomic E-state index is -1.00. The first-order chi connectivity index (χ1) is 9.77. The van der Waals surface area contributed by atoms with Crippen molar-refractivity contribution < 1.29 is 19.1 Å². The molecule has 0 saturated carbocycles. The summed E-state index contributed by atoms with van der Waals surface area (Å²) >= 11 is 0. The van der Waals surface area contributed by atoms with Gasteiger partial charge in [0.05, 0.1) is 5.56 Å². The van der Waals surface area contributed by atoms with Crippen molar-refractivity contribution in [2.24, 2.45) is 0 Å². The molecule has 1 N–H and O–H groups in total. The van der Waals surface area contributed by atoms with Crippen molar-refractivity contribution in [1.82, 2.24) is 0 Å². The van der Waals surface area contributed by atoms with E-state index in [-0.39, 0.29) is 17.6 Å². The van der Waals surface area contributed by atoms with Crippen LogP contribution in [-0.4, -0.2) is 11.1 Å². The molecule has 1 aromatic heterocycles. The van der Waals surface area contributed by atoms with Crippen LogP contribution in [0.2, 0.25) is 0 Å². The number of carboxylic acid groups (broad SMARTS) is 1. The van der Waals surface area contributed by atoms with E-state index in [0.29, 0.717) is 5.76 Å². The molecule has 0 radical (unpaired) electrons. The maximum absolute atomic E-state index is 10.8. The summed E-state index contributed by atoms with van der Waals surface area (Å²) in [7, 11) is 0. The molecule has 0 amide bonds. The molecule has 21 heavy (non-hydrogen) atoms. The molecule has 0 unspecified atom stereocenters. The molecule has 0 bridgehead atoms. The summed E-state index contributed by atoms with van der Waals surface area (Å²) in [6, 6.07) is 7.59. The van der Waals surface area contributed by atoms with Crippen LogP contribution in [0.4, 0.5) is 0 Å². The van der Waals surface area contributed by atoms with Crippen LogP contribution in [0.1, 0.15) is 48.0 Å². The molecule has 4 nitrogen and oxygen atoms in total. The van der Waals surface area contributed by atoms with Crippen molar-refractivity contribution >= 4 is 5.97 Å². The van der Waals surface area contributed by atoms with Crippen LogP contribution in [0, 0.1) is 6.92 Å². The van der Waals surface area contributed by atoms with E-state index in [1.165, 1.54) is 12.3 Å². The van der Waals surface area contributed by atoms with Crippen LogP contribution in [0.15, 0.2) is 34.9 Å². The quantitative estimate of drug-likeness (QED) is 0.917. The average Bonchev–Trinajstić information content (AvgIpc) is 2.83. The number of ether oxygens (including phenoxy) is 1. The van der Waals surface area contributed by atoms with Gasteiger partial charge in [-0.3, -0.25) is 0 Å². The molecule has 0 atom stereocenters. The number of furan rings is 1. The summed E-state index contributed by atoms with van der Waals surface area (Å²) in [5, 5.41) is 8.87. The summed E-state index contributed by atoms with van der Waals surface area (Å²) in [5.74, 6) is 0.292. The van der Waals surface area contributed by atoms with Gasteiger partial charge in [0, 0.05) is 0 Å². The second kappa shape index (κ2) is 5.64. The van der Waals surface area contributed by atoms with Crippen molar-refractivity contribution in [2.75, 3.05) is 0 Å². The third-order valence-electron chi connectivity index (χ3n) is 3.22. The van der Waals surface area contributed by atoms with E-state index in [0.717, 1.165) is 16.9 Å². The molecule has 2 rings (SSSR count). The van der Waals surface area contributed by atoms with Gasteiger partial charge in [-0.05, 0) is 35.6 Å². The number of benzene rings is 1. The molecule has 1 aromatic carbocycles. The van der Waals surface area contributed by atoms with Crippen LogP contribution in [0.3, 0.4) is 0 Å². The van der Waals surface area contributed by atoms with Gasteiger partial charge in [0.25, 0.3) is 0 Å². The zero-order valence-electron chi connectivity index (χ0n) is 12.8. The highest BCUT2D eigenvalue weighted by Gasteiger charge is 2.19. The van der Waals surface area contributed by atoms with E-state index in [2.05, 4.69) is 32.9 Å². The van der Waals surface area contributed by atoms with E-state index in [9.17, 15) is 4.79 Å². The van der Waals surface area contributed by atoms with Crippen molar-refractivity contribution in [3.63, 3.8) is 0 Å². The third-order valence-corrected chi connectivity index (χ3v) is 3.22. The number of aromatic carboxylic acids is 1. The van der Waals surface area contributed by atoms with Crippen LogP contribution in [0.5, 0.6) is 5.75 Å². The zero-order chi connectivity index (χ0) is 15.6. The molecule has 0 aliphatic rings. The van der Waals surface area contributed by atoms with Gasteiger partial charge in [0.2, 0.25) is 0 Å². The molecule has 0 fully saturated rings. The lowest BCUT2D eigenvalue weighted by atomic mass is 9.86. The molecule has 1 heterocycles. The lowest BCUT2D eigenvalue weighted by Gasteiger charge is -2.23. The van der Waals surface area contributed by atoms with Crippen LogP contribution < -0.4 is 4.74 Å². The second-order valence-electron chi connectivity index (χ2n) is 6.15. The first kappa shape index (κ1) is 15.2. The fourth-order valence-corrected chi connectivity index (χ4v) is 2.09. The maximum atomic E-state index is 10.8. The second-order valence-corrected chi connectivity index (χ2v) is 6.15. The topological polar surface area (TPSA) is 59.7 Å². The summed E-state index contributed by atoms with van der Waals surface area (Å²) in [4.78, 5) is 10.8. The fraction of sp³-hybridized carbons (Fsp3) is 0.353. The van der Waals surface area contributed by atoms with Crippen LogP contribution in [-0.2, 0) is 12.0 Å². The average molecular weight is 288 g/mol. The maximum Gasteiger partial charge on any atom is 0.338 e. The van der Waals surface area contributed by atoms with Crippen LogP contribution in [0.25, 0.3) is 0 Å². The highest BCUT2D eigenvalue weighted by molar-refractivity contribution is 5.87. The number of aryl methyl sites for hydroxylation is 1. The van der Waals surface area contributed by atoms with Gasteiger partial charge >= 0.3 is 5.97 Å². The van der Waals surface area contributed by atoms with Gasteiger partial charge in [-0.25, -0.2) is 4.79 Å². The van der Waals surface area contributed by atoms with Crippen molar-refractivity contribution in [1.29, 1.82) is 0 Å². The zero-order valence-corrected chi connectivity index (χ0v) is 12.8. The standard InChI is InChI=1S/C17H20O4/c1-11-5-6-14(17(2,3)4)15(7-11)21-10-13-8-12(9-20-13)16(18)19/h5-9H,10H2,1-4H3,(H,18,19).